The molecule has 4 rings (SSSR count). The Morgan fingerprint density at radius 1 is 1.07 bits per heavy atom. The first-order valence-corrected chi connectivity index (χ1v) is 9.71. The van der Waals surface area contributed by atoms with E-state index in [1.165, 1.54) is 0 Å². The molecule has 2 heterocycles. The number of carbonyl (C=O) groups excluding carboxylic acids is 2. The first-order valence-electron chi connectivity index (χ1n) is 9.71. The maximum absolute atomic E-state index is 12.8. The van der Waals surface area contributed by atoms with E-state index in [1.807, 2.05) is 17.0 Å². The molecule has 142 valence electrons. The minimum absolute atomic E-state index is 0.0000435. The van der Waals surface area contributed by atoms with Crippen molar-refractivity contribution in [1.29, 1.82) is 5.26 Å². The van der Waals surface area contributed by atoms with Gasteiger partial charge in [-0.3, -0.25) is 14.6 Å². The number of nitrogens with zero attached hydrogens (tertiary/aromatic N) is 3. The Balaban J connectivity index is 1.37. The van der Waals surface area contributed by atoms with Crippen molar-refractivity contribution in [2.24, 2.45) is 5.92 Å². The molecule has 28 heavy (non-hydrogen) atoms. The molecular weight excluding hydrogens is 352 g/mol. The number of piperidine rings is 1. The number of hydrogen-bond acceptors (Lipinski definition) is 4. The van der Waals surface area contributed by atoms with E-state index in [9.17, 15) is 14.9 Å². The lowest BCUT2D eigenvalue weighted by Gasteiger charge is -2.32. The molecule has 1 aromatic carbocycles. The van der Waals surface area contributed by atoms with Gasteiger partial charge in [0.05, 0.1) is 11.3 Å². The Morgan fingerprint density at radius 2 is 1.79 bits per heavy atom. The van der Waals surface area contributed by atoms with E-state index in [0.717, 1.165) is 31.2 Å². The predicted octanol–water partition coefficient (Wildman–Crippen LogP) is 2.75. The molecule has 0 radical (unpaired) electrons. The van der Waals surface area contributed by atoms with Crippen LogP contribution in [0.4, 0.5) is 0 Å². The van der Waals surface area contributed by atoms with E-state index in [2.05, 4.69) is 16.4 Å². The van der Waals surface area contributed by atoms with Gasteiger partial charge < -0.3 is 10.2 Å². The molecule has 1 aliphatic carbocycles. The number of amides is 2. The number of benzene rings is 1. The fourth-order valence-corrected chi connectivity index (χ4v) is 3.57. The number of likely N-dealkylation sites (tertiary alicyclic amines) is 1. The van der Waals surface area contributed by atoms with Crippen LogP contribution in [0, 0.1) is 17.2 Å². The lowest BCUT2D eigenvalue weighted by molar-refractivity contribution is -0.123. The largest absolute Gasteiger partial charge is 0.353 e. The lowest BCUT2D eigenvalue weighted by atomic mass is 10.0. The Kier molecular flexibility index (Phi) is 5.07. The topological polar surface area (TPSA) is 86.1 Å². The van der Waals surface area contributed by atoms with Crippen molar-refractivity contribution in [3.63, 3.8) is 0 Å². The van der Waals surface area contributed by atoms with E-state index in [1.54, 1.807) is 30.5 Å². The van der Waals surface area contributed by atoms with Gasteiger partial charge in [-0.05, 0) is 49.9 Å². The summed E-state index contributed by atoms with van der Waals surface area (Å²) in [6.45, 7) is 1.30. The highest BCUT2D eigenvalue weighted by molar-refractivity contribution is 5.94. The normalized spacial score (nSPS) is 17.0. The third-order valence-corrected chi connectivity index (χ3v) is 5.41. The second-order valence-electron chi connectivity index (χ2n) is 7.44. The van der Waals surface area contributed by atoms with Crippen LogP contribution in [0.2, 0.25) is 0 Å². The molecule has 0 spiro atoms. The maximum atomic E-state index is 12.8. The van der Waals surface area contributed by atoms with Gasteiger partial charge in [0.2, 0.25) is 5.91 Å². The molecule has 1 aromatic heterocycles. The highest BCUT2D eigenvalue weighted by Gasteiger charge is 2.32. The van der Waals surface area contributed by atoms with Gasteiger partial charge in [-0.1, -0.05) is 12.1 Å². The third kappa shape index (κ3) is 3.89. The highest BCUT2D eigenvalue weighted by atomic mass is 16.2. The van der Waals surface area contributed by atoms with Gasteiger partial charge >= 0.3 is 0 Å². The molecule has 6 heteroatoms. The molecule has 2 fully saturated rings. The summed E-state index contributed by atoms with van der Waals surface area (Å²) in [5.41, 5.74) is 2.57. The number of carbonyl (C=O) groups is 2. The van der Waals surface area contributed by atoms with Crippen molar-refractivity contribution >= 4 is 11.8 Å². The third-order valence-electron chi connectivity index (χ3n) is 5.41. The van der Waals surface area contributed by atoms with E-state index < -0.39 is 0 Å². The average molecular weight is 374 g/mol. The van der Waals surface area contributed by atoms with Gasteiger partial charge in [0.15, 0.2) is 0 Å². The van der Waals surface area contributed by atoms with Gasteiger partial charge in [0.1, 0.15) is 6.07 Å². The number of aromatic nitrogens is 1. The summed E-state index contributed by atoms with van der Waals surface area (Å²) < 4.78 is 0. The quantitative estimate of drug-likeness (QED) is 0.892. The molecule has 0 bridgehead atoms. The van der Waals surface area contributed by atoms with Crippen molar-refractivity contribution < 1.29 is 9.59 Å². The van der Waals surface area contributed by atoms with Gasteiger partial charge in [0, 0.05) is 42.4 Å². The van der Waals surface area contributed by atoms with Crippen LogP contribution in [0.25, 0.3) is 11.3 Å². The number of nitrogens with one attached hydrogen (secondary N) is 1. The maximum Gasteiger partial charge on any atom is 0.253 e. The molecule has 2 aliphatic rings. The zero-order valence-electron chi connectivity index (χ0n) is 15.6. The van der Waals surface area contributed by atoms with E-state index >= 15 is 0 Å². The molecule has 1 saturated carbocycles. The van der Waals surface area contributed by atoms with Crippen molar-refractivity contribution in [2.45, 2.75) is 31.7 Å². The Morgan fingerprint density at radius 3 is 2.43 bits per heavy atom. The van der Waals surface area contributed by atoms with Gasteiger partial charge in [0.25, 0.3) is 5.91 Å². The van der Waals surface area contributed by atoms with E-state index in [4.69, 9.17) is 0 Å². The minimum Gasteiger partial charge on any atom is -0.353 e. The summed E-state index contributed by atoms with van der Waals surface area (Å²) in [7, 11) is 0. The van der Waals surface area contributed by atoms with Crippen LogP contribution >= 0.6 is 0 Å². The van der Waals surface area contributed by atoms with Gasteiger partial charge in [-0.25, -0.2) is 0 Å². The van der Waals surface area contributed by atoms with Crippen molar-refractivity contribution in [2.75, 3.05) is 13.1 Å². The smallest absolute Gasteiger partial charge is 0.253 e. The fraction of sp³-hybridized carbons (Fsp3) is 0.364. The van der Waals surface area contributed by atoms with Gasteiger partial charge in [-0.15, -0.1) is 0 Å². The van der Waals surface area contributed by atoms with Crippen LogP contribution in [0.1, 0.15) is 41.6 Å². The molecule has 6 nitrogen and oxygen atoms in total. The predicted molar refractivity (Wildman–Crippen MR) is 104 cm³/mol. The Bertz CT molecular complexity index is 920. The van der Waals surface area contributed by atoms with Crippen LogP contribution in [0.15, 0.2) is 42.6 Å². The summed E-state index contributed by atoms with van der Waals surface area (Å²) >= 11 is 0. The molecule has 1 N–H and O–H groups in total. The molecule has 0 unspecified atom stereocenters. The first-order chi connectivity index (χ1) is 13.7. The minimum atomic E-state index is 0.0000435. The summed E-state index contributed by atoms with van der Waals surface area (Å²) in [6, 6.07) is 13.0. The van der Waals surface area contributed by atoms with E-state index in [-0.39, 0.29) is 23.8 Å². The molecule has 1 saturated heterocycles. The SMILES string of the molecule is N#Cc1cccnc1-c1ccc(C(=O)N2CCC(NC(=O)C3CC3)CC2)cc1. The second kappa shape index (κ2) is 7.81. The summed E-state index contributed by atoms with van der Waals surface area (Å²) in [5.74, 6) is 0.394. The van der Waals surface area contributed by atoms with Crippen LogP contribution in [-0.4, -0.2) is 40.8 Å². The summed E-state index contributed by atoms with van der Waals surface area (Å²) in [4.78, 5) is 30.8. The van der Waals surface area contributed by atoms with E-state index in [0.29, 0.717) is 29.9 Å². The second-order valence-corrected chi connectivity index (χ2v) is 7.44. The fourth-order valence-electron chi connectivity index (χ4n) is 3.57. The number of nitriles is 1. The molecule has 2 amide bonds. The van der Waals surface area contributed by atoms with Crippen LogP contribution in [0.3, 0.4) is 0 Å². The summed E-state index contributed by atoms with van der Waals surface area (Å²) in [5, 5.41) is 12.3. The standard InChI is InChI=1S/C22H22N4O2/c23-14-18-2-1-11-24-20(18)15-3-7-17(8-4-15)22(28)26-12-9-19(10-13-26)25-21(27)16-5-6-16/h1-4,7-8,11,16,19H,5-6,9-10,12-13H2,(H,25,27). The highest BCUT2D eigenvalue weighted by Crippen LogP contribution is 2.29. The molecular formula is C22H22N4O2. The first kappa shape index (κ1) is 18.2. The molecule has 1 aliphatic heterocycles. The van der Waals surface area contributed by atoms with Crippen molar-refractivity contribution in [1.82, 2.24) is 15.2 Å². The Labute approximate surface area is 164 Å². The lowest BCUT2D eigenvalue weighted by Crippen LogP contribution is -2.46. The van der Waals surface area contributed by atoms with Crippen LogP contribution < -0.4 is 5.32 Å². The monoisotopic (exact) mass is 374 g/mol. The van der Waals surface area contributed by atoms with Crippen molar-refractivity contribution in [3.8, 4) is 17.3 Å². The van der Waals surface area contributed by atoms with Crippen molar-refractivity contribution in [3.05, 3.63) is 53.7 Å². The van der Waals surface area contributed by atoms with Crippen LogP contribution in [-0.2, 0) is 4.79 Å². The zero-order valence-corrected chi connectivity index (χ0v) is 15.6. The summed E-state index contributed by atoms with van der Waals surface area (Å²) in [6.07, 6.45) is 5.26. The average Bonchev–Trinajstić information content (AvgIpc) is 3.59. The number of hydrogen-bond donors (Lipinski definition) is 1. The van der Waals surface area contributed by atoms with Gasteiger partial charge in [-0.2, -0.15) is 5.26 Å². The Hall–Kier alpha value is -3.20. The molecule has 0 atom stereocenters. The zero-order chi connectivity index (χ0) is 19.5. The van der Waals surface area contributed by atoms with Crippen LogP contribution in [0.5, 0.6) is 0 Å². The number of pyridine rings is 1. The molecule has 2 aromatic rings. The number of rotatable bonds is 4.